The number of nitrogens with one attached hydrogen (secondary N) is 1. The molecule has 0 unspecified atom stereocenters. The fourth-order valence-corrected chi connectivity index (χ4v) is 3.05. The van der Waals surface area contributed by atoms with Crippen molar-refractivity contribution in [2.45, 2.75) is 40.5 Å². The summed E-state index contributed by atoms with van der Waals surface area (Å²) in [4.78, 5) is 12.6. The average Bonchev–Trinajstić information content (AvgIpc) is 2.58. The molecule has 0 spiro atoms. The Kier molecular flexibility index (Phi) is 6.41. The van der Waals surface area contributed by atoms with Crippen LogP contribution in [0.15, 0.2) is 35.9 Å². The number of rotatable bonds is 5. The predicted octanol–water partition coefficient (Wildman–Crippen LogP) is 5.29. The minimum atomic E-state index is -0.413. The Balaban J connectivity index is 2.39. The van der Waals surface area contributed by atoms with E-state index in [1.165, 1.54) is 0 Å². The Morgan fingerprint density at radius 2 is 1.74 bits per heavy atom. The van der Waals surface area contributed by atoms with Crippen molar-refractivity contribution >= 4 is 17.7 Å². The molecular weight excluding hydrogens is 336 g/mol. The highest BCUT2D eigenvalue weighted by Crippen LogP contribution is 2.30. The van der Waals surface area contributed by atoms with Gasteiger partial charge in [0.15, 0.2) is 0 Å². The molecule has 0 aliphatic heterocycles. The number of hydrogen-bond acceptors (Lipinski definition) is 3. The van der Waals surface area contributed by atoms with Crippen LogP contribution in [-0.2, 0) is 4.79 Å². The summed E-state index contributed by atoms with van der Waals surface area (Å²) in [7, 11) is 1.65. The lowest BCUT2D eigenvalue weighted by atomic mass is 9.95. The van der Waals surface area contributed by atoms with Crippen LogP contribution in [0.25, 0.3) is 6.08 Å². The molecule has 0 radical (unpaired) electrons. The zero-order valence-corrected chi connectivity index (χ0v) is 16.8. The Morgan fingerprint density at radius 3 is 2.26 bits per heavy atom. The fraction of sp³-hybridized carbons (Fsp3) is 0.304. The highest BCUT2D eigenvalue weighted by molar-refractivity contribution is 6.09. The summed E-state index contributed by atoms with van der Waals surface area (Å²) in [6, 6.07) is 11.8. The number of ether oxygens (including phenoxy) is 1. The highest BCUT2D eigenvalue weighted by Gasteiger charge is 2.14. The zero-order chi connectivity index (χ0) is 20.1. The maximum atomic E-state index is 12.6. The van der Waals surface area contributed by atoms with Crippen LogP contribution in [0.1, 0.15) is 47.6 Å². The van der Waals surface area contributed by atoms with Gasteiger partial charge < -0.3 is 10.1 Å². The predicted molar refractivity (Wildman–Crippen MR) is 110 cm³/mol. The third-order valence-electron chi connectivity index (χ3n) is 4.38. The SMILES string of the molecule is COc1cc(C)c(/C=C(\C#N)C(=O)Nc2cc(C)cc(C)c2)cc1C(C)C. The van der Waals surface area contributed by atoms with Gasteiger partial charge in [-0.2, -0.15) is 5.26 Å². The van der Waals surface area contributed by atoms with E-state index in [0.29, 0.717) is 5.69 Å². The molecule has 27 heavy (non-hydrogen) atoms. The molecule has 0 aliphatic carbocycles. The summed E-state index contributed by atoms with van der Waals surface area (Å²) in [5.41, 5.74) is 5.70. The van der Waals surface area contributed by atoms with Gasteiger partial charge >= 0.3 is 0 Å². The summed E-state index contributed by atoms with van der Waals surface area (Å²) in [6.45, 7) is 10.0. The molecular formula is C23H26N2O2. The van der Waals surface area contributed by atoms with Crippen molar-refractivity contribution < 1.29 is 9.53 Å². The second-order valence-corrected chi connectivity index (χ2v) is 7.11. The standard InChI is InChI=1S/C23H26N2O2/c1-14(2)21-12-18(17(5)10-22(21)27-6)11-19(13-24)23(26)25-20-8-15(3)7-16(4)9-20/h7-12,14H,1-6H3,(H,25,26)/b19-11+. The number of nitrogens with zero attached hydrogens (tertiary/aromatic N) is 1. The Hall–Kier alpha value is -3.06. The van der Waals surface area contributed by atoms with Crippen molar-refractivity contribution in [2.24, 2.45) is 0 Å². The molecule has 2 aromatic carbocycles. The van der Waals surface area contributed by atoms with Gasteiger partial charge in [-0.1, -0.05) is 19.9 Å². The third kappa shape index (κ3) is 4.98. The van der Waals surface area contributed by atoms with E-state index in [1.807, 2.05) is 57.2 Å². The molecule has 0 fully saturated rings. The summed E-state index contributed by atoms with van der Waals surface area (Å²) >= 11 is 0. The molecule has 2 aromatic rings. The molecule has 0 atom stereocenters. The van der Waals surface area contributed by atoms with E-state index in [2.05, 4.69) is 19.2 Å². The first-order valence-electron chi connectivity index (χ1n) is 8.95. The molecule has 1 N–H and O–H groups in total. The summed E-state index contributed by atoms with van der Waals surface area (Å²) in [5, 5.41) is 12.3. The number of anilines is 1. The van der Waals surface area contributed by atoms with Gasteiger partial charge in [-0.05, 0) is 84.8 Å². The van der Waals surface area contributed by atoms with E-state index in [-0.39, 0.29) is 11.5 Å². The van der Waals surface area contributed by atoms with E-state index in [4.69, 9.17) is 4.74 Å². The lowest BCUT2D eigenvalue weighted by molar-refractivity contribution is -0.112. The topological polar surface area (TPSA) is 62.1 Å². The second kappa shape index (κ2) is 8.55. The minimum absolute atomic E-state index is 0.0668. The van der Waals surface area contributed by atoms with Gasteiger partial charge in [-0.25, -0.2) is 0 Å². The van der Waals surface area contributed by atoms with Crippen molar-refractivity contribution in [3.8, 4) is 11.8 Å². The number of amides is 1. The first kappa shape index (κ1) is 20.3. The normalized spacial score (nSPS) is 11.3. The van der Waals surface area contributed by atoms with Gasteiger partial charge in [0.05, 0.1) is 7.11 Å². The highest BCUT2D eigenvalue weighted by atomic mass is 16.5. The van der Waals surface area contributed by atoms with Crippen LogP contribution in [0.3, 0.4) is 0 Å². The van der Waals surface area contributed by atoms with Crippen molar-refractivity contribution in [1.29, 1.82) is 5.26 Å². The lowest BCUT2D eigenvalue weighted by Crippen LogP contribution is -2.13. The molecule has 0 bridgehead atoms. The van der Waals surface area contributed by atoms with Crippen molar-refractivity contribution in [1.82, 2.24) is 0 Å². The Morgan fingerprint density at radius 1 is 1.11 bits per heavy atom. The maximum Gasteiger partial charge on any atom is 0.266 e. The van der Waals surface area contributed by atoms with Crippen molar-refractivity contribution in [3.05, 3.63) is 63.7 Å². The third-order valence-corrected chi connectivity index (χ3v) is 4.38. The van der Waals surface area contributed by atoms with Gasteiger partial charge in [0.2, 0.25) is 0 Å². The van der Waals surface area contributed by atoms with Crippen LogP contribution < -0.4 is 10.1 Å². The Bertz CT molecular complexity index is 914. The largest absolute Gasteiger partial charge is 0.496 e. The molecule has 4 heteroatoms. The summed E-state index contributed by atoms with van der Waals surface area (Å²) < 4.78 is 5.46. The van der Waals surface area contributed by atoms with E-state index in [0.717, 1.165) is 33.6 Å². The van der Waals surface area contributed by atoms with Crippen LogP contribution in [-0.4, -0.2) is 13.0 Å². The number of hydrogen-bond donors (Lipinski definition) is 1. The molecule has 0 saturated carbocycles. The minimum Gasteiger partial charge on any atom is -0.496 e. The number of methoxy groups -OCH3 is 1. The second-order valence-electron chi connectivity index (χ2n) is 7.11. The van der Waals surface area contributed by atoms with Crippen molar-refractivity contribution in [3.63, 3.8) is 0 Å². The van der Waals surface area contributed by atoms with E-state index in [9.17, 15) is 10.1 Å². The molecule has 2 rings (SSSR count). The van der Waals surface area contributed by atoms with Crippen molar-refractivity contribution in [2.75, 3.05) is 12.4 Å². The van der Waals surface area contributed by atoms with Crippen LogP contribution in [0, 0.1) is 32.1 Å². The molecule has 0 aliphatic rings. The molecule has 0 heterocycles. The Labute approximate surface area is 161 Å². The number of carbonyl (C=O) groups excluding carboxylic acids is 1. The summed E-state index contributed by atoms with van der Waals surface area (Å²) in [5.74, 6) is 0.670. The van der Waals surface area contributed by atoms with Gasteiger partial charge in [-0.3, -0.25) is 4.79 Å². The van der Waals surface area contributed by atoms with Crippen LogP contribution in [0.5, 0.6) is 5.75 Å². The first-order valence-corrected chi connectivity index (χ1v) is 8.95. The van der Waals surface area contributed by atoms with E-state index >= 15 is 0 Å². The fourth-order valence-electron chi connectivity index (χ4n) is 3.05. The van der Waals surface area contributed by atoms with E-state index < -0.39 is 5.91 Å². The van der Waals surface area contributed by atoms with Crippen LogP contribution in [0.4, 0.5) is 5.69 Å². The molecule has 140 valence electrons. The van der Waals surface area contributed by atoms with Crippen LogP contribution in [0.2, 0.25) is 0 Å². The van der Waals surface area contributed by atoms with Gasteiger partial charge in [0, 0.05) is 5.69 Å². The lowest BCUT2D eigenvalue weighted by Gasteiger charge is -2.15. The van der Waals surface area contributed by atoms with Gasteiger partial charge in [0.25, 0.3) is 5.91 Å². The monoisotopic (exact) mass is 362 g/mol. The van der Waals surface area contributed by atoms with Gasteiger partial charge in [-0.15, -0.1) is 0 Å². The van der Waals surface area contributed by atoms with Crippen LogP contribution >= 0.6 is 0 Å². The number of aryl methyl sites for hydroxylation is 3. The average molecular weight is 362 g/mol. The first-order chi connectivity index (χ1) is 12.7. The quantitative estimate of drug-likeness (QED) is 0.581. The molecule has 0 saturated heterocycles. The van der Waals surface area contributed by atoms with Gasteiger partial charge in [0.1, 0.15) is 17.4 Å². The molecule has 4 nitrogen and oxygen atoms in total. The summed E-state index contributed by atoms with van der Waals surface area (Å²) in [6.07, 6.45) is 1.64. The number of carbonyl (C=O) groups is 1. The smallest absolute Gasteiger partial charge is 0.266 e. The number of benzene rings is 2. The van der Waals surface area contributed by atoms with E-state index in [1.54, 1.807) is 13.2 Å². The zero-order valence-electron chi connectivity index (χ0n) is 16.8. The molecule has 0 aromatic heterocycles. The number of nitriles is 1. The maximum absolute atomic E-state index is 12.6. The molecule has 1 amide bonds.